The monoisotopic (exact) mass is 246 g/mol. The number of rotatable bonds is 4. The number of pyridine rings is 1. The van der Waals surface area contributed by atoms with Gasteiger partial charge in [-0.3, -0.25) is 9.78 Å². The van der Waals surface area contributed by atoms with Gasteiger partial charge in [-0.2, -0.15) is 0 Å². The van der Waals surface area contributed by atoms with Crippen molar-refractivity contribution in [1.29, 1.82) is 0 Å². The Hall–Kier alpha value is -1.38. The van der Waals surface area contributed by atoms with Gasteiger partial charge >= 0.3 is 0 Å². The molecule has 0 spiro atoms. The largest absolute Gasteiger partial charge is 0.335 e. The van der Waals surface area contributed by atoms with E-state index in [4.69, 9.17) is 0 Å². The minimum absolute atomic E-state index is 0.0580. The Balaban J connectivity index is 2.02. The predicted molar refractivity (Wildman–Crippen MR) is 71.9 cm³/mol. The molecule has 0 bridgehead atoms. The zero-order valence-electron chi connectivity index (χ0n) is 11.5. The standard InChI is InChI=1S/C15H22N2O/c1-15(2,3)10-14(18)17(13-4-5-13)11-12-6-8-16-9-7-12/h6-9,13H,4-5,10-11H2,1-3H3. The average Bonchev–Trinajstić information content (AvgIpc) is 3.08. The first-order valence-corrected chi connectivity index (χ1v) is 6.64. The molecule has 0 N–H and O–H groups in total. The summed E-state index contributed by atoms with van der Waals surface area (Å²) in [6.07, 6.45) is 6.50. The summed E-state index contributed by atoms with van der Waals surface area (Å²) in [7, 11) is 0. The van der Waals surface area contributed by atoms with Crippen LogP contribution in [-0.4, -0.2) is 21.8 Å². The summed E-state index contributed by atoms with van der Waals surface area (Å²) in [5.74, 6) is 0.279. The normalized spacial score (nSPS) is 15.5. The fourth-order valence-electron chi connectivity index (χ4n) is 2.05. The molecule has 18 heavy (non-hydrogen) atoms. The van der Waals surface area contributed by atoms with Gasteiger partial charge in [-0.25, -0.2) is 0 Å². The molecule has 0 saturated heterocycles. The highest BCUT2D eigenvalue weighted by Crippen LogP contribution is 2.31. The summed E-state index contributed by atoms with van der Waals surface area (Å²) in [6.45, 7) is 7.06. The highest BCUT2D eigenvalue weighted by Gasteiger charge is 2.33. The van der Waals surface area contributed by atoms with Gasteiger partial charge in [0.2, 0.25) is 5.91 Å². The molecular formula is C15H22N2O. The summed E-state index contributed by atoms with van der Waals surface area (Å²) in [6, 6.07) is 4.44. The lowest BCUT2D eigenvalue weighted by Crippen LogP contribution is -2.34. The van der Waals surface area contributed by atoms with Crippen LogP contribution >= 0.6 is 0 Å². The van der Waals surface area contributed by atoms with Gasteiger partial charge in [0.15, 0.2) is 0 Å². The molecule has 1 heterocycles. The number of carbonyl (C=O) groups is 1. The maximum absolute atomic E-state index is 12.4. The Kier molecular flexibility index (Phi) is 3.69. The Morgan fingerprint density at radius 1 is 1.33 bits per heavy atom. The summed E-state index contributed by atoms with van der Waals surface area (Å²) in [4.78, 5) is 18.4. The zero-order chi connectivity index (χ0) is 13.2. The second-order valence-corrected chi connectivity index (χ2v) is 6.35. The quantitative estimate of drug-likeness (QED) is 0.818. The van der Waals surface area contributed by atoms with Gasteiger partial charge in [-0.1, -0.05) is 20.8 Å². The van der Waals surface area contributed by atoms with Crippen molar-refractivity contribution in [3.63, 3.8) is 0 Å². The van der Waals surface area contributed by atoms with Crippen LogP contribution in [-0.2, 0) is 11.3 Å². The molecule has 0 aliphatic heterocycles. The third kappa shape index (κ3) is 3.83. The molecule has 1 amide bonds. The van der Waals surface area contributed by atoms with Crippen LogP contribution in [0.15, 0.2) is 24.5 Å². The van der Waals surface area contributed by atoms with Crippen LogP contribution in [0.5, 0.6) is 0 Å². The van der Waals surface area contributed by atoms with Crippen molar-refractivity contribution in [3.8, 4) is 0 Å². The summed E-state index contributed by atoms with van der Waals surface area (Å²) in [5.41, 5.74) is 1.22. The van der Waals surface area contributed by atoms with Gasteiger partial charge < -0.3 is 4.90 Å². The van der Waals surface area contributed by atoms with Crippen molar-refractivity contribution in [1.82, 2.24) is 9.88 Å². The number of carbonyl (C=O) groups excluding carboxylic acids is 1. The number of amides is 1. The summed E-state index contributed by atoms with van der Waals surface area (Å²) < 4.78 is 0. The van der Waals surface area contributed by atoms with E-state index in [0.29, 0.717) is 12.5 Å². The van der Waals surface area contributed by atoms with Gasteiger partial charge in [-0.05, 0) is 36.0 Å². The van der Waals surface area contributed by atoms with E-state index < -0.39 is 0 Å². The zero-order valence-corrected chi connectivity index (χ0v) is 11.5. The van der Waals surface area contributed by atoms with Crippen LogP contribution in [0.4, 0.5) is 0 Å². The number of hydrogen-bond donors (Lipinski definition) is 0. The Labute approximate surface area is 109 Å². The first-order valence-electron chi connectivity index (χ1n) is 6.64. The van der Waals surface area contributed by atoms with E-state index in [2.05, 4.69) is 25.8 Å². The van der Waals surface area contributed by atoms with Crippen LogP contribution in [0.25, 0.3) is 0 Å². The first kappa shape index (κ1) is 13.1. The SMILES string of the molecule is CC(C)(C)CC(=O)N(Cc1ccncc1)C1CC1. The lowest BCUT2D eigenvalue weighted by Gasteiger charge is -2.26. The topological polar surface area (TPSA) is 33.2 Å². The molecule has 0 unspecified atom stereocenters. The Morgan fingerprint density at radius 2 is 1.94 bits per heavy atom. The van der Waals surface area contributed by atoms with E-state index in [9.17, 15) is 4.79 Å². The molecule has 0 atom stereocenters. The molecule has 0 aromatic carbocycles. The fraction of sp³-hybridized carbons (Fsp3) is 0.600. The van der Waals surface area contributed by atoms with Crippen LogP contribution in [0, 0.1) is 5.41 Å². The molecular weight excluding hydrogens is 224 g/mol. The van der Waals surface area contributed by atoms with E-state index in [1.807, 2.05) is 17.0 Å². The molecule has 0 radical (unpaired) electrons. The number of aromatic nitrogens is 1. The fourth-order valence-corrected chi connectivity index (χ4v) is 2.05. The van der Waals surface area contributed by atoms with Crippen LogP contribution in [0.3, 0.4) is 0 Å². The minimum atomic E-state index is 0.0580. The first-order chi connectivity index (χ1) is 8.46. The van der Waals surface area contributed by atoms with Gasteiger partial charge in [0.05, 0.1) is 0 Å². The van der Waals surface area contributed by atoms with E-state index >= 15 is 0 Å². The molecule has 2 rings (SSSR count). The Morgan fingerprint density at radius 3 is 2.44 bits per heavy atom. The highest BCUT2D eigenvalue weighted by molar-refractivity contribution is 5.77. The summed E-state index contributed by atoms with van der Waals surface area (Å²) >= 11 is 0. The van der Waals surface area contributed by atoms with Crippen molar-refractivity contribution in [3.05, 3.63) is 30.1 Å². The Bertz CT molecular complexity index is 404. The minimum Gasteiger partial charge on any atom is -0.335 e. The van der Waals surface area contributed by atoms with Crippen LogP contribution in [0.2, 0.25) is 0 Å². The van der Waals surface area contributed by atoms with Crippen molar-refractivity contribution >= 4 is 5.91 Å². The molecule has 1 aliphatic carbocycles. The van der Waals surface area contributed by atoms with Gasteiger partial charge in [0, 0.05) is 31.4 Å². The van der Waals surface area contributed by atoms with E-state index in [1.165, 1.54) is 5.56 Å². The van der Waals surface area contributed by atoms with Crippen molar-refractivity contribution in [2.45, 2.75) is 52.6 Å². The van der Waals surface area contributed by atoms with E-state index in [-0.39, 0.29) is 11.3 Å². The molecule has 1 aliphatic rings. The smallest absolute Gasteiger partial charge is 0.223 e. The van der Waals surface area contributed by atoms with Crippen molar-refractivity contribution < 1.29 is 4.79 Å². The average molecular weight is 246 g/mol. The number of nitrogens with zero attached hydrogens (tertiary/aromatic N) is 2. The maximum atomic E-state index is 12.4. The molecule has 1 aromatic heterocycles. The van der Waals surface area contributed by atoms with Crippen LogP contribution in [0.1, 0.15) is 45.6 Å². The van der Waals surface area contributed by atoms with Crippen LogP contribution < -0.4 is 0 Å². The molecule has 3 heteroatoms. The molecule has 1 saturated carbocycles. The number of hydrogen-bond acceptors (Lipinski definition) is 2. The third-order valence-electron chi connectivity index (χ3n) is 3.09. The third-order valence-corrected chi connectivity index (χ3v) is 3.09. The highest BCUT2D eigenvalue weighted by atomic mass is 16.2. The lowest BCUT2D eigenvalue weighted by molar-refractivity contribution is -0.134. The second kappa shape index (κ2) is 5.09. The molecule has 1 fully saturated rings. The van der Waals surface area contributed by atoms with Crippen molar-refractivity contribution in [2.75, 3.05) is 0 Å². The predicted octanol–water partition coefficient (Wildman–Crippen LogP) is 3.01. The summed E-state index contributed by atoms with van der Waals surface area (Å²) in [5, 5.41) is 0. The van der Waals surface area contributed by atoms with Crippen molar-refractivity contribution in [2.24, 2.45) is 5.41 Å². The van der Waals surface area contributed by atoms with E-state index in [0.717, 1.165) is 19.4 Å². The lowest BCUT2D eigenvalue weighted by atomic mass is 9.91. The van der Waals surface area contributed by atoms with Gasteiger partial charge in [-0.15, -0.1) is 0 Å². The second-order valence-electron chi connectivity index (χ2n) is 6.35. The molecule has 3 nitrogen and oxygen atoms in total. The molecule has 1 aromatic rings. The molecule has 98 valence electrons. The van der Waals surface area contributed by atoms with Gasteiger partial charge in [0.1, 0.15) is 0 Å². The maximum Gasteiger partial charge on any atom is 0.223 e. The van der Waals surface area contributed by atoms with Gasteiger partial charge in [0.25, 0.3) is 0 Å². The van der Waals surface area contributed by atoms with E-state index in [1.54, 1.807) is 12.4 Å².